The number of hydrogen-bond donors (Lipinski definition) is 7. The van der Waals surface area contributed by atoms with Crippen molar-refractivity contribution in [1.82, 2.24) is 10.6 Å². The van der Waals surface area contributed by atoms with E-state index in [0.29, 0.717) is 37.7 Å². The summed E-state index contributed by atoms with van der Waals surface area (Å²) in [4.78, 5) is 62.9. The second kappa shape index (κ2) is 15.4. The molecule has 1 atom stereocenters. The molecule has 0 aromatic heterocycles. The molecule has 0 fully saturated rings. The molecule has 0 bridgehead atoms. The quantitative estimate of drug-likeness (QED) is 0.0779. The summed E-state index contributed by atoms with van der Waals surface area (Å²) in [6, 6.07) is 6.98. The maximum absolute atomic E-state index is 12.2. The van der Waals surface area contributed by atoms with Crippen molar-refractivity contribution in [2.24, 2.45) is 0 Å². The fourth-order valence-electron chi connectivity index (χ4n) is 3.43. The van der Waals surface area contributed by atoms with Crippen molar-refractivity contribution in [3.63, 3.8) is 0 Å². The summed E-state index contributed by atoms with van der Waals surface area (Å²) in [7, 11) is -11.1. The Labute approximate surface area is 226 Å². The van der Waals surface area contributed by atoms with Crippen LogP contribution >= 0.6 is 38.4 Å². The van der Waals surface area contributed by atoms with E-state index in [-0.39, 0.29) is 25.3 Å². The van der Waals surface area contributed by atoms with E-state index in [1.165, 1.54) is 6.92 Å². The van der Waals surface area contributed by atoms with Crippen LogP contribution in [-0.4, -0.2) is 79.0 Å². The van der Waals surface area contributed by atoms with Crippen LogP contribution in [-0.2, 0) is 25.1 Å². The first kappa shape index (κ1) is 33.8. The van der Waals surface area contributed by atoms with Crippen LogP contribution in [0.4, 0.5) is 5.69 Å². The molecule has 0 radical (unpaired) electrons. The van der Waals surface area contributed by atoms with Gasteiger partial charge in [-0.1, -0.05) is 12.1 Å². The van der Waals surface area contributed by atoms with Gasteiger partial charge in [-0.2, -0.15) is 0 Å². The molecule has 7 N–H and O–H groups in total. The normalized spacial score (nSPS) is 13.2. The second-order valence-electron chi connectivity index (χ2n) is 8.43. The van der Waals surface area contributed by atoms with Crippen molar-refractivity contribution >= 4 is 55.9 Å². The van der Waals surface area contributed by atoms with Crippen molar-refractivity contribution in [2.45, 2.75) is 50.2 Å². The molecule has 0 saturated carbocycles. The molecule has 0 heterocycles. The number of nitrogens with zero attached hydrogens (tertiary/aromatic N) is 1. The third-order valence-corrected chi connectivity index (χ3v) is 9.79. The second-order valence-corrected chi connectivity index (χ2v) is 13.2. The number of carbonyl (C=O) groups excluding carboxylic acids is 2. The number of carbonyl (C=O) groups is 2. The first-order valence-corrected chi connectivity index (χ1v) is 15.8. The number of nitrogens with one attached hydrogen (secondary N) is 2. The largest absolute Gasteiger partial charge is 0.369 e. The molecule has 212 valence electrons. The lowest BCUT2D eigenvalue weighted by Crippen LogP contribution is -2.45. The van der Waals surface area contributed by atoms with Gasteiger partial charge in [-0.25, -0.2) is 0 Å². The lowest BCUT2D eigenvalue weighted by molar-refractivity contribution is -0.128. The lowest BCUT2D eigenvalue weighted by Gasteiger charge is -2.29. The standard InChI is InChI=1S/C21H35Cl2N3O9P2/c1-16(20(28)24-13-3-10-21(29,36(30,31)32)37(33,34)35)25-19(27)5-2-4-17-6-8-18(9-7-17)26(14-11-22)15-12-23/h6-9,16,29H,2-5,10-15H2,1H3,(H,24,28)(H,25,27)(H2,30,31,32)(H2,33,34,35)/t16-/m1/s1. The fraction of sp³-hybridized carbons (Fsp3) is 0.619. The molecule has 0 spiro atoms. The Morgan fingerprint density at radius 3 is 2.03 bits per heavy atom. The average Bonchev–Trinajstić information content (AvgIpc) is 2.80. The molecular weight excluding hydrogens is 571 g/mol. The van der Waals surface area contributed by atoms with Gasteiger partial charge in [-0.3, -0.25) is 18.7 Å². The number of alkyl halides is 2. The van der Waals surface area contributed by atoms with Crippen molar-refractivity contribution in [2.75, 3.05) is 36.3 Å². The Morgan fingerprint density at radius 2 is 1.54 bits per heavy atom. The Morgan fingerprint density at radius 1 is 1.00 bits per heavy atom. The van der Waals surface area contributed by atoms with E-state index in [9.17, 15) is 23.8 Å². The van der Waals surface area contributed by atoms with Crippen molar-refractivity contribution in [3.8, 4) is 0 Å². The predicted octanol–water partition coefficient (Wildman–Crippen LogP) is 1.70. The molecule has 0 unspecified atom stereocenters. The molecule has 37 heavy (non-hydrogen) atoms. The first-order chi connectivity index (χ1) is 17.2. The molecule has 1 aromatic carbocycles. The van der Waals surface area contributed by atoms with Crippen molar-refractivity contribution in [1.29, 1.82) is 0 Å². The fourth-order valence-corrected chi connectivity index (χ4v) is 6.10. The summed E-state index contributed by atoms with van der Waals surface area (Å²) < 4.78 is 22.7. The van der Waals surface area contributed by atoms with Crippen LogP contribution in [0.15, 0.2) is 24.3 Å². The van der Waals surface area contributed by atoms with Gasteiger partial charge in [0.2, 0.25) is 11.8 Å². The molecule has 0 aliphatic rings. The highest BCUT2D eigenvalue weighted by molar-refractivity contribution is 7.72. The van der Waals surface area contributed by atoms with Gasteiger partial charge >= 0.3 is 15.2 Å². The highest BCUT2D eigenvalue weighted by Crippen LogP contribution is 2.69. The van der Waals surface area contributed by atoms with Gasteiger partial charge in [0.1, 0.15) is 6.04 Å². The summed E-state index contributed by atoms with van der Waals surface area (Å²) in [5, 5.41) is 11.2. The van der Waals surface area contributed by atoms with Crippen LogP contribution in [0, 0.1) is 0 Å². The summed E-state index contributed by atoms with van der Waals surface area (Å²) >= 11 is 11.7. The van der Waals surface area contributed by atoms with E-state index >= 15 is 0 Å². The Balaban J connectivity index is 2.42. The number of anilines is 1. The molecule has 0 aliphatic carbocycles. The third kappa shape index (κ3) is 10.8. The van der Waals surface area contributed by atoms with Crippen molar-refractivity contribution < 1.29 is 43.4 Å². The molecular formula is C21H35Cl2N3O9P2. The molecule has 0 aliphatic heterocycles. The summed E-state index contributed by atoms with van der Waals surface area (Å²) in [6.45, 7) is 2.58. The summed E-state index contributed by atoms with van der Waals surface area (Å²) in [5.41, 5.74) is 2.06. The van der Waals surface area contributed by atoms with E-state index in [1.54, 1.807) is 0 Å². The van der Waals surface area contributed by atoms with E-state index in [2.05, 4.69) is 15.5 Å². The number of benzene rings is 1. The Kier molecular flexibility index (Phi) is 14.1. The van der Waals surface area contributed by atoms with Gasteiger partial charge in [-0.05, 0) is 43.9 Å². The van der Waals surface area contributed by atoms with Crippen LogP contribution in [0.25, 0.3) is 0 Å². The minimum absolute atomic E-state index is 0.182. The molecule has 1 rings (SSSR count). The summed E-state index contributed by atoms with van der Waals surface area (Å²) in [5.74, 6) is 0.0342. The van der Waals surface area contributed by atoms with Crippen LogP contribution in [0.5, 0.6) is 0 Å². The SMILES string of the molecule is C[C@@H](NC(=O)CCCc1ccc(N(CCCl)CCCl)cc1)C(=O)NCCCC(O)(P(=O)(O)O)P(=O)(O)O. The number of aryl methyl sites for hydroxylation is 1. The van der Waals surface area contributed by atoms with Crippen LogP contribution in [0.1, 0.15) is 38.2 Å². The van der Waals surface area contributed by atoms with Gasteiger partial charge in [0.15, 0.2) is 0 Å². The molecule has 0 saturated heterocycles. The highest BCUT2D eigenvalue weighted by atomic mass is 35.5. The van der Waals surface area contributed by atoms with E-state index in [4.69, 9.17) is 42.8 Å². The molecule has 2 amide bonds. The maximum Gasteiger partial charge on any atom is 0.369 e. The molecule has 12 nitrogen and oxygen atoms in total. The summed E-state index contributed by atoms with van der Waals surface area (Å²) in [6.07, 6.45) is 0.118. The van der Waals surface area contributed by atoms with Gasteiger partial charge in [0, 0.05) is 49.9 Å². The zero-order chi connectivity index (χ0) is 28.3. The zero-order valence-corrected chi connectivity index (χ0v) is 23.7. The van der Waals surface area contributed by atoms with Crippen LogP contribution in [0.3, 0.4) is 0 Å². The number of aliphatic hydroxyl groups is 1. The monoisotopic (exact) mass is 605 g/mol. The minimum Gasteiger partial charge on any atom is -0.369 e. The Hall–Kier alpha value is -1.20. The smallest absolute Gasteiger partial charge is 0.369 e. The number of amides is 2. The Bertz CT molecular complexity index is 945. The van der Waals surface area contributed by atoms with Gasteiger partial charge < -0.3 is 40.2 Å². The first-order valence-electron chi connectivity index (χ1n) is 11.5. The topological polar surface area (TPSA) is 197 Å². The highest BCUT2D eigenvalue weighted by Gasteiger charge is 2.58. The van der Waals surface area contributed by atoms with E-state index < -0.39 is 38.6 Å². The number of hydrogen-bond acceptors (Lipinski definition) is 6. The van der Waals surface area contributed by atoms with E-state index in [1.807, 2.05) is 24.3 Å². The average molecular weight is 606 g/mol. The number of halogens is 2. The van der Waals surface area contributed by atoms with Gasteiger partial charge in [-0.15, -0.1) is 23.2 Å². The number of rotatable bonds is 17. The molecule has 16 heteroatoms. The van der Waals surface area contributed by atoms with Gasteiger partial charge in [0.05, 0.1) is 0 Å². The van der Waals surface area contributed by atoms with Crippen LogP contribution in [0.2, 0.25) is 0 Å². The van der Waals surface area contributed by atoms with Crippen molar-refractivity contribution in [3.05, 3.63) is 29.8 Å². The maximum atomic E-state index is 12.2. The van der Waals surface area contributed by atoms with Crippen LogP contribution < -0.4 is 15.5 Å². The molecule has 1 aromatic rings. The van der Waals surface area contributed by atoms with Gasteiger partial charge in [0.25, 0.3) is 5.08 Å². The predicted molar refractivity (Wildman–Crippen MR) is 142 cm³/mol. The third-order valence-electron chi connectivity index (χ3n) is 5.57. The zero-order valence-electron chi connectivity index (χ0n) is 20.4. The van der Waals surface area contributed by atoms with E-state index in [0.717, 1.165) is 11.3 Å². The minimum atomic E-state index is -5.55. The lowest BCUT2D eigenvalue weighted by atomic mass is 10.1.